The van der Waals surface area contributed by atoms with Gasteiger partial charge in [0.25, 0.3) is 0 Å². The molecular weight excluding hydrogens is 154 g/mol. The molecule has 0 aromatic rings. The molecule has 0 saturated carbocycles. The van der Waals surface area contributed by atoms with E-state index in [-0.39, 0.29) is 18.0 Å². The normalized spacial score (nSPS) is 12.4. The Bertz CT molecular complexity index is 246. The average molecular weight is 167 g/mol. The van der Waals surface area contributed by atoms with E-state index < -0.39 is 5.41 Å². The number of nitriles is 1. The van der Waals surface area contributed by atoms with E-state index >= 15 is 0 Å². The van der Waals surface area contributed by atoms with Gasteiger partial charge in [0.15, 0.2) is 5.78 Å². The van der Waals surface area contributed by atoms with Gasteiger partial charge in [-0.15, -0.1) is 0 Å². The highest BCUT2D eigenvalue weighted by Gasteiger charge is 2.15. The molecule has 0 heterocycles. The van der Waals surface area contributed by atoms with Crippen molar-refractivity contribution in [2.24, 2.45) is 5.41 Å². The molecule has 0 radical (unpaired) electrons. The number of ketones is 1. The second-order valence-electron chi connectivity index (χ2n) is 3.37. The van der Waals surface area contributed by atoms with Crippen LogP contribution in [0.2, 0.25) is 0 Å². The van der Waals surface area contributed by atoms with Crippen LogP contribution < -0.4 is 0 Å². The lowest BCUT2D eigenvalue weighted by atomic mass is 9.91. The molecule has 0 fully saturated rings. The fraction of sp³-hybridized carbons (Fsp3) is 0.556. The van der Waals surface area contributed by atoms with Crippen molar-refractivity contribution >= 4 is 5.78 Å². The Labute approximate surface area is 72.3 Å². The number of aliphatic hydroxyl groups is 1. The maximum atomic E-state index is 10.8. The molecule has 3 heteroatoms. The number of aliphatic hydroxyl groups excluding tert-OH is 1. The minimum Gasteiger partial charge on any atom is -0.395 e. The second-order valence-corrected chi connectivity index (χ2v) is 3.37. The number of hydrogen-bond donors (Lipinski definition) is 1. The molecule has 66 valence electrons. The van der Waals surface area contributed by atoms with Gasteiger partial charge in [-0.1, -0.05) is 19.9 Å². The van der Waals surface area contributed by atoms with Crippen LogP contribution in [0.3, 0.4) is 0 Å². The maximum Gasteiger partial charge on any atom is 0.169 e. The number of carbonyl (C=O) groups is 1. The molecule has 0 unspecified atom stereocenters. The van der Waals surface area contributed by atoms with Gasteiger partial charge in [0.05, 0.1) is 12.2 Å². The topological polar surface area (TPSA) is 61.1 Å². The summed E-state index contributed by atoms with van der Waals surface area (Å²) < 4.78 is 0. The fourth-order valence-corrected chi connectivity index (χ4v) is 0.649. The molecule has 0 amide bonds. The van der Waals surface area contributed by atoms with E-state index in [2.05, 4.69) is 0 Å². The molecule has 1 N–H and O–H groups in total. The van der Waals surface area contributed by atoms with Gasteiger partial charge in [-0.25, -0.2) is 0 Å². The zero-order chi connectivity index (χ0) is 9.78. The zero-order valence-electron chi connectivity index (χ0n) is 7.59. The van der Waals surface area contributed by atoms with Crippen LogP contribution in [0.4, 0.5) is 0 Å². The highest BCUT2D eigenvalue weighted by Crippen LogP contribution is 2.17. The van der Waals surface area contributed by atoms with Crippen molar-refractivity contribution in [1.29, 1.82) is 5.26 Å². The summed E-state index contributed by atoms with van der Waals surface area (Å²) in [5.74, 6) is -0.265. The SMILES string of the molecule is CC(=O)/C(C#N)=C/C(C)(C)CO. The van der Waals surface area contributed by atoms with Crippen LogP contribution in [0.15, 0.2) is 11.6 Å². The molecule has 0 rings (SSSR count). The van der Waals surface area contributed by atoms with Crippen molar-refractivity contribution in [2.45, 2.75) is 20.8 Å². The molecule has 0 spiro atoms. The van der Waals surface area contributed by atoms with Crippen molar-refractivity contribution in [3.05, 3.63) is 11.6 Å². The third kappa shape index (κ3) is 3.31. The molecule has 0 aliphatic carbocycles. The number of allylic oxidation sites excluding steroid dienone is 1. The van der Waals surface area contributed by atoms with Gasteiger partial charge in [-0.2, -0.15) is 5.26 Å². The molecular formula is C9H13NO2. The Morgan fingerprint density at radius 1 is 1.67 bits per heavy atom. The number of carbonyl (C=O) groups excluding carboxylic acids is 1. The van der Waals surface area contributed by atoms with E-state index in [1.807, 2.05) is 0 Å². The number of rotatable bonds is 3. The molecule has 0 saturated heterocycles. The summed E-state index contributed by atoms with van der Waals surface area (Å²) in [6.07, 6.45) is 1.50. The van der Waals surface area contributed by atoms with Crippen LogP contribution in [-0.4, -0.2) is 17.5 Å². The standard InChI is InChI=1S/C9H13NO2/c1-7(12)8(5-10)4-9(2,3)6-11/h4,11H,6H2,1-3H3/b8-4+. The minimum absolute atomic E-state index is 0.0779. The molecule has 0 aromatic carbocycles. The summed E-state index contributed by atoms with van der Waals surface area (Å²) in [6.45, 7) is 4.77. The molecule has 0 atom stereocenters. The third-order valence-corrected chi connectivity index (χ3v) is 1.44. The monoisotopic (exact) mass is 167 g/mol. The first-order valence-corrected chi connectivity index (χ1v) is 3.67. The first-order chi connectivity index (χ1) is 5.43. The molecule has 0 aliphatic rings. The summed E-state index contributed by atoms with van der Waals surface area (Å²) in [7, 11) is 0. The van der Waals surface area contributed by atoms with E-state index in [0.29, 0.717) is 0 Å². The lowest BCUT2D eigenvalue weighted by molar-refractivity contribution is -0.113. The van der Waals surface area contributed by atoms with Crippen molar-refractivity contribution in [2.75, 3.05) is 6.61 Å². The number of Topliss-reactive ketones (excluding diaryl/α,β-unsaturated/α-hetero) is 1. The molecule has 3 nitrogen and oxygen atoms in total. The third-order valence-electron chi connectivity index (χ3n) is 1.44. The van der Waals surface area contributed by atoms with Gasteiger partial charge in [-0.05, 0) is 6.92 Å². The van der Waals surface area contributed by atoms with E-state index in [9.17, 15) is 4.79 Å². The van der Waals surface area contributed by atoms with Gasteiger partial charge in [-0.3, -0.25) is 4.79 Å². The van der Waals surface area contributed by atoms with Crippen LogP contribution in [0, 0.1) is 16.7 Å². The van der Waals surface area contributed by atoms with Crippen LogP contribution in [0.25, 0.3) is 0 Å². The van der Waals surface area contributed by atoms with Gasteiger partial charge >= 0.3 is 0 Å². The summed E-state index contributed by atoms with van der Waals surface area (Å²) in [4.78, 5) is 10.8. The van der Waals surface area contributed by atoms with E-state index in [1.54, 1.807) is 19.9 Å². The van der Waals surface area contributed by atoms with E-state index in [0.717, 1.165) is 0 Å². The first kappa shape index (κ1) is 10.9. The lowest BCUT2D eigenvalue weighted by Gasteiger charge is -2.15. The Hall–Kier alpha value is -1.14. The summed E-state index contributed by atoms with van der Waals surface area (Å²) in [5.41, 5.74) is -0.398. The largest absolute Gasteiger partial charge is 0.395 e. The number of nitrogens with zero attached hydrogens (tertiary/aromatic N) is 1. The fourth-order valence-electron chi connectivity index (χ4n) is 0.649. The van der Waals surface area contributed by atoms with Crippen LogP contribution in [0.5, 0.6) is 0 Å². The van der Waals surface area contributed by atoms with Crippen molar-refractivity contribution in [3.63, 3.8) is 0 Å². The minimum atomic E-state index is -0.503. The van der Waals surface area contributed by atoms with E-state index in [1.165, 1.54) is 13.0 Å². The molecule has 0 aromatic heterocycles. The summed E-state index contributed by atoms with van der Waals surface area (Å²) >= 11 is 0. The average Bonchev–Trinajstić information content (AvgIpc) is 2.00. The molecule has 0 bridgehead atoms. The van der Waals surface area contributed by atoms with Crippen molar-refractivity contribution in [1.82, 2.24) is 0 Å². The molecule has 0 aliphatic heterocycles. The Morgan fingerprint density at radius 2 is 2.17 bits per heavy atom. The molecule has 12 heavy (non-hydrogen) atoms. The Kier molecular flexibility index (Phi) is 3.65. The number of hydrogen-bond acceptors (Lipinski definition) is 3. The second kappa shape index (κ2) is 4.03. The van der Waals surface area contributed by atoms with Crippen LogP contribution in [-0.2, 0) is 4.79 Å². The van der Waals surface area contributed by atoms with Crippen molar-refractivity contribution < 1.29 is 9.90 Å². The smallest absolute Gasteiger partial charge is 0.169 e. The first-order valence-electron chi connectivity index (χ1n) is 3.67. The zero-order valence-corrected chi connectivity index (χ0v) is 7.59. The predicted octanol–water partition coefficient (Wildman–Crippen LogP) is 1.04. The van der Waals surface area contributed by atoms with Gasteiger partial charge in [0.1, 0.15) is 6.07 Å². The van der Waals surface area contributed by atoms with Crippen molar-refractivity contribution in [3.8, 4) is 6.07 Å². The van der Waals surface area contributed by atoms with Gasteiger partial charge in [0.2, 0.25) is 0 Å². The van der Waals surface area contributed by atoms with Crippen LogP contribution >= 0.6 is 0 Å². The highest BCUT2D eigenvalue weighted by atomic mass is 16.3. The summed E-state index contributed by atoms with van der Waals surface area (Å²) in [6, 6.07) is 1.79. The van der Waals surface area contributed by atoms with Crippen LogP contribution in [0.1, 0.15) is 20.8 Å². The summed E-state index contributed by atoms with van der Waals surface area (Å²) in [5, 5.41) is 17.4. The highest BCUT2D eigenvalue weighted by molar-refractivity contribution is 5.97. The van der Waals surface area contributed by atoms with Gasteiger partial charge < -0.3 is 5.11 Å². The lowest BCUT2D eigenvalue weighted by Crippen LogP contribution is -2.15. The van der Waals surface area contributed by atoms with Gasteiger partial charge in [0, 0.05) is 5.41 Å². The quantitative estimate of drug-likeness (QED) is 0.504. The maximum absolute atomic E-state index is 10.8. The Balaban J connectivity index is 4.75. The van der Waals surface area contributed by atoms with E-state index in [4.69, 9.17) is 10.4 Å². The Morgan fingerprint density at radius 3 is 2.42 bits per heavy atom. The predicted molar refractivity (Wildman–Crippen MR) is 45.2 cm³/mol.